The third-order valence-corrected chi connectivity index (χ3v) is 4.89. The van der Waals surface area contributed by atoms with E-state index in [0.717, 1.165) is 0 Å². The summed E-state index contributed by atoms with van der Waals surface area (Å²) in [6, 6.07) is 1.14. The van der Waals surface area contributed by atoms with E-state index in [1.807, 2.05) is 6.92 Å². The highest BCUT2D eigenvalue weighted by molar-refractivity contribution is 9.10. The van der Waals surface area contributed by atoms with E-state index >= 15 is 0 Å². The van der Waals surface area contributed by atoms with Gasteiger partial charge in [0.25, 0.3) is 0 Å². The normalized spacial score (nSPS) is 13.6. The van der Waals surface area contributed by atoms with Gasteiger partial charge in [0, 0.05) is 19.3 Å². The van der Waals surface area contributed by atoms with E-state index in [1.54, 1.807) is 0 Å². The van der Waals surface area contributed by atoms with Crippen LogP contribution in [0.5, 0.6) is 0 Å². The number of aromatic nitrogens is 1. The molecule has 1 aromatic rings. The summed E-state index contributed by atoms with van der Waals surface area (Å²) in [5, 5.41) is 0.220. The predicted octanol–water partition coefficient (Wildman–Crippen LogP) is 2.20. The van der Waals surface area contributed by atoms with Gasteiger partial charge in [0.1, 0.15) is 10.0 Å². The second-order valence-electron chi connectivity index (χ2n) is 3.63. The van der Waals surface area contributed by atoms with Crippen molar-refractivity contribution in [3.63, 3.8) is 0 Å². The molecule has 1 rings (SSSR count). The Hall–Kier alpha value is -0.210. The van der Waals surface area contributed by atoms with Gasteiger partial charge in [-0.1, -0.05) is 18.5 Å². The molecule has 5 nitrogen and oxygen atoms in total. The molecule has 0 bridgehead atoms. The summed E-state index contributed by atoms with van der Waals surface area (Å²) < 4.78 is 32.1. The molecular weight excluding hydrogens is 344 g/mol. The van der Waals surface area contributed by atoms with Crippen LogP contribution in [-0.2, 0) is 14.8 Å². The van der Waals surface area contributed by atoms with Gasteiger partial charge in [-0.15, -0.1) is 0 Å². The number of hydrogen-bond donors (Lipinski definition) is 1. The van der Waals surface area contributed by atoms with Crippen molar-refractivity contribution in [2.24, 2.45) is 0 Å². The summed E-state index contributed by atoms with van der Waals surface area (Å²) in [5.41, 5.74) is 0. The smallest absolute Gasteiger partial charge is 0.242 e. The minimum absolute atomic E-state index is 0.0633. The summed E-state index contributed by atoms with van der Waals surface area (Å²) in [4.78, 5) is 3.86. The fourth-order valence-corrected chi connectivity index (χ4v) is 3.15. The van der Waals surface area contributed by atoms with Crippen molar-refractivity contribution in [3.8, 4) is 0 Å². The van der Waals surface area contributed by atoms with Crippen LogP contribution in [0.2, 0.25) is 5.15 Å². The van der Waals surface area contributed by atoms with Crippen molar-refractivity contribution < 1.29 is 13.2 Å². The fraction of sp³-hybridized carbons (Fsp3) is 0.500. The summed E-state index contributed by atoms with van der Waals surface area (Å²) in [7, 11) is -2.09. The van der Waals surface area contributed by atoms with Crippen molar-refractivity contribution in [1.82, 2.24) is 9.71 Å². The Balaban J connectivity index is 2.95. The topological polar surface area (TPSA) is 68.3 Å². The molecule has 1 aromatic heterocycles. The van der Waals surface area contributed by atoms with E-state index in [2.05, 4.69) is 25.6 Å². The zero-order chi connectivity index (χ0) is 13.8. The summed E-state index contributed by atoms with van der Waals surface area (Å²) >= 11 is 8.86. The van der Waals surface area contributed by atoms with Crippen LogP contribution in [-0.4, -0.2) is 33.2 Å². The Morgan fingerprint density at radius 2 is 2.28 bits per heavy atom. The standard InChI is InChI=1S/C10H14BrClN2O3S/c1-3-7(6-17-2)14-18(15,16)8-4-9(11)10(12)13-5-8/h4-5,7,14H,3,6H2,1-2H3. The molecule has 102 valence electrons. The Morgan fingerprint density at radius 1 is 1.61 bits per heavy atom. The Morgan fingerprint density at radius 3 is 2.78 bits per heavy atom. The number of pyridine rings is 1. The van der Waals surface area contributed by atoms with Gasteiger partial charge in [-0.2, -0.15) is 0 Å². The number of nitrogens with zero attached hydrogens (tertiary/aromatic N) is 1. The van der Waals surface area contributed by atoms with Gasteiger partial charge in [0.05, 0.1) is 11.1 Å². The summed E-state index contributed by atoms with van der Waals surface area (Å²) in [6.07, 6.45) is 1.85. The Bertz CT molecular complexity index is 510. The van der Waals surface area contributed by atoms with E-state index in [4.69, 9.17) is 16.3 Å². The zero-order valence-corrected chi connectivity index (χ0v) is 13.1. The van der Waals surface area contributed by atoms with E-state index < -0.39 is 10.0 Å². The van der Waals surface area contributed by atoms with Crippen molar-refractivity contribution in [1.29, 1.82) is 0 Å². The van der Waals surface area contributed by atoms with Crippen molar-refractivity contribution in [3.05, 3.63) is 21.9 Å². The molecule has 0 fully saturated rings. The molecule has 0 aliphatic rings. The SMILES string of the molecule is CCC(COC)NS(=O)(=O)c1cnc(Cl)c(Br)c1. The number of rotatable bonds is 6. The molecule has 0 spiro atoms. The third kappa shape index (κ3) is 4.17. The second kappa shape index (κ2) is 6.81. The lowest BCUT2D eigenvalue weighted by Crippen LogP contribution is -2.37. The van der Waals surface area contributed by atoms with Crippen molar-refractivity contribution in [2.45, 2.75) is 24.3 Å². The molecule has 1 heterocycles. The largest absolute Gasteiger partial charge is 0.383 e. The van der Waals surface area contributed by atoms with Crippen LogP contribution in [0.15, 0.2) is 21.6 Å². The van der Waals surface area contributed by atoms with Crippen LogP contribution in [0, 0.1) is 0 Å². The van der Waals surface area contributed by atoms with Gasteiger partial charge in [-0.05, 0) is 28.4 Å². The van der Waals surface area contributed by atoms with Gasteiger partial charge in [-0.25, -0.2) is 18.1 Å². The average Bonchev–Trinajstić information content (AvgIpc) is 2.31. The van der Waals surface area contributed by atoms with Gasteiger partial charge in [0.15, 0.2) is 0 Å². The molecule has 1 unspecified atom stereocenters. The number of methoxy groups -OCH3 is 1. The minimum Gasteiger partial charge on any atom is -0.383 e. The van der Waals surface area contributed by atoms with E-state index in [9.17, 15) is 8.42 Å². The molecule has 0 saturated carbocycles. The van der Waals surface area contributed by atoms with E-state index in [1.165, 1.54) is 19.4 Å². The predicted molar refractivity (Wildman–Crippen MR) is 73.2 cm³/mol. The Kier molecular flexibility index (Phi) is 6.00. The maximum Gasteiger partial charge on any atom is 0.242 e. The molecule has 8 heteroatoms. The first-order chi connectivity index (χ1) is 8.40. The lowest BCUT2D eigenvalue weighted by Gasteiger charge is -2.16. The highest BCUT2D eigenvalue weighted by Crippen LogP contribution is 2.22. The number of sulfonamides is 1. The van der Waals surface area contributed by atoms with Crippen LogP contribution >= 0.6 is 27.5 Å². The Labute approximate surface area is 120 Å². The number of halogens is 2. The van der Waals surface area contributed by atoms with Crippen LogP contribution in [0.3, 0.4) is 0 Å². The number of hydrogen-bond acceptors (Lipinski definition) is 4. The van der Waals surface area contributed by atoms with Gasteiger partial charge in [-0.3, -0.25) is 0 Å². The van der Waals surface area contributed by atoms with Crippen LogP contribution in [0.1, 0.15) is 13.3 Å². The first kappa shape index (κ1) is 15.8. The first-order valence-electron chi connectivity index (χ1n) is 5.23. The van der Waals surface area contributed by atoms with Gasteiger partial charge in [0.2, 0.25) is 10.0 Å². The van der Waals surface area contributed by atoms with Gasteiger partial charge < -0.3 is 4.74 Å². The lowest BCUT2D eigenvalue weighted by atomic mass is 10.3. The maximum absolute atomic E-state index is 12.1. The summed E-state index contributed by atoms with van der Waals surface area (Å²) in [5.74, 6) is 0. The average molecular weight is 358 g/mol. The molecule has 1 atom stereocenters. The first-order valence-corrected chi connectivity index (χ1v) is 7.88. The van der Waals surface area contributed by atoms with Crippen LogP contribution < -0.4 is 4.72 Å². The van der Waals surface area contributed by atoms with Crippen LogP contribution in [0.4, 0.5) is 0 Å². The number of nitrogens with one attached hydrogen (secondary N) is 1. The molecule has 0 aliphatic heterocycles. The molecule has 0 amide bonds. The molecule has 0 saturated heterocycles. The quantitative estimate of drug-likeness (QED) is 0.793. The molecule has 1 N–H and O–H groups in total. The molecular formula is C10H14BrClN2O3S. The number of ether oxygens (including phenoxy) is 1. The molecule has 0 aliphatic carbocycles. The molecule has 18 heavy (non-hydrogen) atoms. The van der Waals surface area contributed by atoms with Crippen molar-refractivity contribution >= 4 is 37.6 Å². The maximum atomic E-state index is 12.1. The second-order valence-corrected chi connectivity index (χ2v) is 6.55. The lowest BCUT2D eigenvalue weighted by molar-refractivity contribution is 0.173. The van der Waals surface area contributed by atoms with Gasteiger partial charge >= 0.3 is 0 Å². The van der Waals surface area contributed by atoms with E-state index in [-0.39, 0.29) is 16.1 Å². The minimum atomic E-state index is -3.61. The fourth-order valence-electron chi connectivity index (χ4n) is 1.27. The van der Waals surface area contributed by atoms with Crippen molar-refractivity contribution in [2.75, 3.05) is 13.7 Å². The molecule has 0 aromatic carbocycles. The third-order valence-electron chi connectivity index (χ3n) is 2.26. The molecule has 0 radical (unpaired) electrons. The summed E-state index contributed by atoms with van der Waals surface area (Å²) in [6.45, 7) is 2.19. The van der Waals surface area contributed by atoms with E-state index in [0.29, 0.717) is 17.5 Å². The highest BCUT2D eigenvalue weighted by atomic mass is 79.9. The highest BCUT2D eigenvalue weighted by Gasteiger charge is 2.20. The zero-order valence-electron chi connectivity index (χ0n) is 9.98. The monoisotopic (exact) mass is 356 g/mol. The van der Waals surface area contributed by atoms with Crippen LogP contribution in [0.25, 0.3) is 0 Å².